The number of nitrogens with zero attached hydrogens (tertiary/aromatic N) is 10. The topological polar surface area (TPSA) is 382 Å². The fourth-order valence-corrected chi connectivity index (χ4v) is 18.1. The number of para-hydroxylation sites is 6. The van der Waals surface area contributed by atoms with E-state index < -0.39 is 5.97 Å². The van der Waals surface area contributed by atoms with E-state index in [9.17, 15) is 33.6 Å². The van der Waals surface area contributed by atoms with Gasteiger partial charge in [0.25, 0.3) is 5.91 Å². The van der Waals surface area contributed by atoms with Gasteiger partial charge in [0.15, 0.2) is 0 Å². The fraction of sp³-hybridized carbons (Fsp3) is 0.186. The Kier molecular flexibility index (Phi) is 29.6. The van der Waals surface area contributed by atoms with Gasteiger partial charge in [-0.25, -0.2) is 29.3 Å². The number of amides is 4. The molecule has 0 radical (unpaired) electrons. The molecule has 12 heterocycles. The maximum atomic E-state index is 12.9. The monoisotopic (exact) mass is 1910 g/mol. The predicted molar refractivity (Wildman–Crippen MR) is 573 cm³/mol. The number of piperazine rings is 1. The van der Waals surface area contributed by atoms with Gasteiger partial charge in [0.1, 0.15) is 29.0 Å². The SMILES string of the molecule is C=C1Cc2cc(Cc3ccc(OC)cc3)ccc2N1.C=C1Cc2ccc(CCCc3ccccc3)nc2N1.CN1C(=O)Cc2cc(Nc3ccccc3N)ccc21.COC(=O)c1cccc2c1CCN2C(=O)c1ccc2c(c1)NC(=O)C2.Cn1c(=O)[nH]c2ccc(Nc3ccccc3N)cc21.Cn1c(=O)n(C)c2cc(Nc3ccccc3N)ccc21.O=C1Cc2ccc(N3CCN(c4ccccn4)CC3)nc2N1. The maximum absolute atomic E-state index is 12.9. The van der Waals surface area contributed by atoms with Crippen LogP contribution in [-0.2, 0) is 98.1 Å². The Morgan fingerprint density at radius 3 is 1.73 bits per heavy atom. The second-order valence-electron chi connectivity index (χ2n) is 35.6. The van der Waals surface area contributed by atoms with Crippen LogP contribution in [0.5, 0.6) is 5.75 Å². The molecule has 14 N–H and O–H groups in total. The minimum Gasteiger partial charge on any atom is -0.497 e. The molecule has 4 amide bonds. The van der Waals surface area contributed by atoms with Crippen LogP contribution < -0.4 is 90.1 Å². The average molecular weight is 1910 g/mol. The van der Waals surface area contributed by atoms with Crippen molar-refractivity contribution in [3.8, 4) is 5.75 Å². The van der Waals surface area contributed by atoms with Crippen LogP contribution in [0.4, 0.5) is 97.2 Å². The molecule has 5 aromatic heterocycles. The molecule has 0 bridgehead atoms. The Bertz CT molecular complexity index is 7610. The number of hydrogen-bond donors (Lipinski definition) is 11. The molecule has 0 atom stereocenters. The number of fused-ring (bicyclic) bond motifs is 8. The Morgan fingerprint density at radius 2 is 1.04 bits per heavy atom. The van der Waals surface area contributed by atoms with Gasteiger partial charge in [-0.15, -0.1) is 0 Å². The molecule has 11 aromatic carbocycles. The lowest BCUT2D eigenvalue weighted by atomic mass is 10.0. The van der Waals surface area contributed by atoms with Crippen molar-refractivity contribution in [1.82, 2.24) is 33.6 Å². The molecule has 23 rings (SSSR count). The smallest absolute Gasteiger partial charge is 0.338 e. The number of aromatic amines is 1. The van der Waals surface area contributed by atoms with E-state index in [1.807, 2.05) is 188 Å². The van der Waals surface area contributed by atoms with Gasteiger partial charge >= 0.3 is 17.3 Å². The van der Waals surface area contributed by atoms with Crippen molar-refractivity contribution in [3.63, 3.8) is 0 Å². The molecule has 7 aliphatic rings. The van der Waals surface area contributed by atoms with Crippen LogP contribution >= 0.6 is 0 Å². The number of methoxy groups -OCH3 is 2. The number of esters is 1. The van der Waals surface area contributed by atoms with Crippen LogP contribution in [0, 0.1) is 0 Å². The molecule has 30 nitrogen and oxygen atoms in total. The number of imidazole rings is 2. The first-order valence-electron chi connectivity index (χ1n) is 47.2. The molecule has 1 saturated heterocycles. The highest BCUT2D eigenvalue weighted by atomic mass is 16.5. The Labute approximate surface area is 828 Å². The van der Waals surface area contributed by atoms with E-state index >= 15 is 0 Å². The summed E-state index contributed by atoms with van der Waals surface area (Å²) in [6.07, 6.45) is 9.75. The first-order valence-corrected chi connectivity index (χ1v) is 47.2. The molecule has 7 aliphatic heterocycles. The van der Waals surface area contributed by atoms with Gasteiger partial charge in [0.05, 0.1) is 95.2 Å². The van der Waals surface area contributed by atoms with E-state index in [4.69, 9.17) is 26.7 Å². The van der Waals surface area contributed by atoms with Crippen molar-refractivity contribution in [2.24, 2.45) is 21.1 Å². The van der Waals surface area contributed by atoms with Crippen LogP contribution in [0.3, 0.4) is 0 Å². The number of nitrogen functional groups attached to an aromatic ring is 3. The summed E-state index contributed by atoms with van der Waals surface area (Å²) in [5.41, 5.74) is 46.7. The second kappa shape index (κ2) is 43.8. The number of carbonyl (C=O) groups is 5. The van der Waals surface area contributed by atoms with Gasteiger partial charge < -0.3 is 88.5 Å². The third-order valence-corrected chi connectivity index (χ3v) is 25.8. The average Bonchev–Trinajstić information content (AvgIpc) is 1.64. The third kappa shape index (κ3) is 23.1. The van der Waals surface area contributed by atoms with Crippen molar-refractivity contribution in [1.29, 1.82) is 0 Å². The highest BCUT2D eigenvalue weighted by Crippen LogP contribution is 2.38. The summed E-state index contributed by atoms with van der Waals surface area (Å²) in [6.45, 7) is 12.1. The molecule has 0 spiro atoms. The molecule has 0 saturated carbocycles. The lowest BCUT2D eigenvalue weighted by Gasteiger charge is -2.36. The van der Waals surface area contributed by atoms with Crippen LogP contribution in [-0.4, -0.2) is 117 Å². The molecule has 0 unspecified atom stereocenters. The molecule has 1 fully saturated rings. The minimum absolute atomic E-state index is 0.0274. The largest absolute Gasteiger partial charge is 0.497 e. The zero-order chi connectivity index (χ0) is 99.9. The second-order valence-corrected chi connectivity index (χ2v) is 35.6. The Hall–Kier alpha value is -18.0. The first-order chi connectivity index (χ1) is 69.3. The number of hydrogen-bond acceptors (Lipinski definition) is 22. The number of anilines is 17. The van der Waals surface area contributed by atoms with Gasteiger partial charge in [-0.2, -0.15) is 0 Å². The van der Waals surface area contributed by atoms with Gasteiger partial charge in [0, 0.05) is 154 Å². The van der Waals surface area contributed by atoms with Gasteiger partial charge in [0.2, 0.25) is 17.7 Å². The lowest BCUT2D eigenvalue weighted by Crippen LogP contribution is -2.47. The number of aryl methyl sites for hydroxylation is 5. The number of nitrogens with one attached hydrogen (secondary N) is 8. The molecule has 143 heavy (non-hydrogen) atoms. The Balaban J connectivity index is 0.000000115. The number of likely N-dealkylation sites (N-methyl/N-ethyl adjacent to an activating group) is 1. The van der Waals surface area contributed by atoms with Crippen molar-refractivity contribution >= 4 is 149 Å². The highest BCUT2D eigenvalue weighted by Gasteiger charge is 2.32. The zero-order valence-corrected chi connectivity index (χ0v) is 80.5. The summed E-state index contributed by atoms with van der Waals surface area (Å²) in [7, 11) is 10.1. The number of H-pyrrole nitrogens is 1. The van der Waals surface area contributed by atoms with Crippen molar-refractivity contribution in [2.45, 2.75) is 64.2 Å². The molecule has 16 aromatic rings. The summed E-state index contributed by atoms with van der Waals surface area (Å²) in [5, 5.41) is 21.9. The Morgan fingerprint density at radius 1 is 0.448 bits per heavy atom. The number of pyridine rings is 3. The molecular formula is C113H113N21O9. The normalized spacial score (nSPS) is 13.5. The van der Waals surface area contributed by atoms with Crippen LogP contribution in [0.15, 0.2) is 319 Å². The van der Waals surface area contributed by atoms with Crippen molar-refractivity contribution in [3.05, 3.63) is 398 Å². The van der Waals surface area contributed by atoms with E-state index in [0.717, 1.165) is 201 Å². The van der Waals surface area contributed by atoms with Crippen molar-refractivity contribution in [2.75, 3.05) is 128 Å². The van der Waals surface area contributed by atoms with E-state index in [0.29, 0.717) is 66.1 Å². The first kappa shape index (κ1) is 96.7. The fourth-order valence-electron chi connectivity index (χ4n) is 18.1. The number of rotatable bonds is 17. The van der Waals surface area contributed by atoms with Gasteiger partial charge in [-0.3, -0.25) is 32.9 Å². The van der Waals surface area contributed by atoms with Gasteiger partial charge in [-0.05, 0) is 229 Å². The predicted octanol–water partition coefficient (Wildman–Crippen LogP) is 17.9. The highest BCUT2D eigenvalue weighted by molar-refractivity contribution is 6.10. The summed E-state index contributed by atoms with van der Waals surface area (Å²) in [6, 6.07) is 90.5. The quantitative estimate of drug-likeness (QED) is 0.0298. The zero-order valence-electron chi connectivity index (χ0n) is 80.5. The van der Waals surface area contributed by atoms with E-state index in [1.54, 1.807) is 83.1 Å². The summed E-state index contributed by atoms with van der Waals surface area (Å²) >= 11 is 0. The van der Waals surface area contributed by atoms with E-state index in [-0.39, 0.29) is 35.0 Å². The van der Waals surface area contributed by atoms with Crippen molar-refractivity contribution < 1.29 is 33.4 Å². The van der Waals surface area contributed by atoms with Crippen LogP contribution in [0.25, 0.3) is 22.1 Å². The molecule has 724 valence electrons. The molecule has 0 aliphatic carbocycles. The van der Waals surface area contributed by atoms with E-state index in [2.05, 4.69) is 153 Å². The van der Waals surface area contributed by atoms with Gasteiger partial charge in [-0.1, -0.05) is 134 Å². The van der Waals surface area contributed by atoms with Crippen LogP contribution in [0.2, 0.25) is 0 Å². The summed E-state index contributed by atoms with van der Waals surface area (Å²) < 4.78 is 14.8. The van der Waals surface area contributed by atoms with E-state index in [1.165, 1.54) is 40.6 Å². The summed E-state index contributed by atoms with van der Waals surface area (Å²) in [4.78, 5) is 107. The minimum atomic E-state index is -0.397. The number of carbonyl (C=O) groups excluding carboxylic acids is 5. The number of ether oxygens (including phenoxy) is 2. The third-order valence-electron chi connectivity index (χ3n) is 25.8. The maximum Gasteiger partial charge on any atom is 0.338 e. The summed E-state index contributed by atoms with van der Waals surface area (Å²) in [5.74, 6) is 4.13. The molecule has 30 heteroatoms. The number of nitrogens with two attached hydrogens (primary N) is 3. The number of aromatic nitrogens is 7. The lowest BCUT2D eigenvalue weighted by molar-refractivity contribution is -0.117. The van der Waals surface area contributed by atoms with Crippen LogP contribution in [0.1, 0.15) is 82.9 Å². The molecular weight excluding hydrogens is 1800 g/mol. The number of allylic oxidation sites excluding steroid dienone is 2. The number of benzene rings is 11. The standard InChI is InChI=1S/C19H16N2O4.C17H18N2.C17H17NO.C16H17N5O.C15H16N4O.C15H15N3O.C14H14N4O/c1-25-19(24)14-3-2-4-16-13(14)7-8-21(16)18(23)12-6-5-11-10-17(22)20-15(11)9-12;1-13-12-15-10-11-16(19-17(15)18-13)9-5-8-14-6-3-2-4-7-14;1-12-9-15-11-14(5-8-17(15)18-12)10-13-3-6-16(19-2)7-4-13;22-15-11-12-4-5-14(18-16(12)19-15)21-9-7-20(8-10-21)13-3-1-2-6-17-13;1-18-13-8-7-10(9-14(13)19(2)15(18)20)17-12-6-4-3-5-11(12)16;1-18-14-7-6-11(8-10(14)9-15(18)19)17-13-5-3-2-4-12(13)16;1-18-13-8-9(6-7-12(13)17-14(18)19)16-11-5-3-2-4-10(11)15/h2-6,9H,7-8,10H2,1H3,(H,20,22);2-4,6-7,10-11H,1,5,8-9,12H2,(H,18,19);3-8,11,18H,1,9-10H2,2H3;1-6H,7-11H2,(H,18,19,22);3-9,17H,16H2,1-2H3;2-8,17H,9,16H2,1H3;2-8,16H,15H2,1H3,(H,17,19).